The van der Waals surface area contributed by atoms with Crippen molar-refractivity contribution in [3.63, 3.8) is 0 Å². The minimum Gasteiger partial charge on any atom is -0.354 e. The highest BCUT2D eigenvalue weighted by atomic mass is 32.2. The molecule has 2 aromatic carbocycles. The number of aromatic nitrogens is 2. The molecular formula is C19H20FN3O3S. The molecule has 0 bridgehead atoms. The quantitative estimate of drug-likeness (QED) is 0.671. The lowest BCUT2D eigenvalue weighted by atomic mass is 10.1. The molecule has 3 rings (SSSR count). The van der Waals surface area contributed by atoms with Crippen molar-refractivity contribution in [2.45, 2.75) is 18.7 Å². The predicted octanol–water partition coefficient (Wildman–Crippen LogP) is 2.08. The van der Waals surface area contributed by atoms with Crippen molar-refractivity contribution in [1.29, 1.82) is 0 Å². The van der Waals surface area contributed by atoms with Gasteiger partial charge in [0.1, 0.15) is 23.9 Å². The summed E-state index contributed by atoms with van der Waals surface area (Å²) in [4.78, 5) is 16.7. The fourth-order valence-electron chi connectivity index (χ4n) is 2.84. The lowest BCUT2D eigenvalue weighted by Gasteiger charge is -2.10. The van der Waals surface area contributed by atoms with Crippen molar-refractivity contribution in [3.8, 4) is 0 Å². The molecule has 3 aromatic rings. The van der Waals surface area contributed by atoms with Crippen LogP contribution in [0.15, 0.2) is 48.5 Å². The lowest BCUT2D eigenvalue weighted by Crippen LogP contribution is -2.30. The van der Waals surface area contributed by atoms with Gasteiger partial charge in [0.25, 0.3) is 0 Å². The van der Waals surface area contributed by atoms with E-state index in [2.05, 4.69) is 10.3 Å². The van der Waals surface area contributed by atoms with E-state index in [-0.39, 0.29) is 24.0 Å². The second-order valence-corrected chi connectivity index (χ2v) is 8.54. The molecule has 1 aromatic heterocycles. The van der Waals surface area contributed by atoms with E-state index in [1.165, 1.54) is 12.1 Å². The highest BCUT2D eigenvalue weighted by Gasteiger charge is 2.17. The van der Waals surface area contributed by atoms with Crippen molar-refractivity contribution in [2.24, 2.45) is 0 Å². The second-order valence-electron chi connectivity index (χ2n) is 6.40. The van der Waals surface area contributed by atoms with E-state index < -0.39 is 9.84 Å². The summed E-state index contributed by atoms with van der Waals surface area (Å²) in [5.41, 5.74) is 2.28. The third-order valence-electron chi connectivity index (χ3n) is 4.08. The summed E-state index contributed by atoms with van der Waals surface area (Å²) < 4.78 is 37.9. The zero-order chi connectivity index (χ0) is 19.4. The van der Waals surface area contributed by atoms with E-state index in [1.807, 2.05) is 12.1 Å². The van der Waals surface area contributed by atoms with Crippen molar-refractivity contribution < 1.29 is 17.6 Å². The van der Waals surface area contributed by atoms with Crippen molar-refractivity contribution in [3.05, 3.63) is 65.7 Å². The summed E-state index contributed by atoms with van der Waals surface area (Å²) >= 11 is 0. The number of nitrogens with zero attached hydrogens (tertiary/aromatic N) is 2. The van der Waals surface area contributed by atoms with E-state index in [1.54, 1.807) is 28.8 Å². The smallest absolute Gasteiger partial charge is 0.240 e. The first-order valence-electron chi connectivity index (χ1n) is 8.45. The number of nitrogens with one attached hydrogen (secondary N) is 1. The van der Waals surface area contributed by atoms with Gasteiger partial charge >= 0.3 is 0 Å². The molecule has 1 heterocycles. The Hall–Kier alpha value is -2.74. The first-order valence-corrected chi connectivity index (χ1v) is 10.5. The molecule has 142 valence electrons. The van der Waals surface area contributed by atoms with Gasteiger partial charge in [0.2, 0.25) is 5.91 Å². The monoisotopic (exact) mass is 389 g/mol. The molecule has 1 amide bonds. The number of para-hydroxylation sites is 2. The van der Waals surface area contributed by atoms with Crippen LogP contribution in [0.25, 0.3) is 11.0 Å². The van der Waals surface area contributed by atoms with Crippen LogP contribution in [0.3, 0.4) is 0 Å². The van der Waals surface area contributed by atoms with Crippen LogP contribution in [0.5, 0.6) is 0 Å². The van der Waals surface area contributed by atoms with Crippen LogP contribution < -0.4 is 5.32 Å². The van der Waals surface area contributed by atoms with E-state index in [0.717, 1.165) is 11.8 Å². The number of hydrogen-bond donors (Lipinski definition) is 1. The Bertz CT molecular complexity index is 1060. The Balaban J connectivity index is 1.70. The third kappa shape index (κ3) is 5.13. The topological polar surface area (TPSA) is 81.1 Å². The molecule has 0 saturated carbocycles. The summed E-state index contributed by atoms with van der Waals surface area (Å²) in [5.74, 6) is -0.430. The van der Waals surface area contributed by atoms with Gasteiger partial charge in [-0.2, -0.15) is 0 Å². The van der Waals surface area contributed by atoms with Crippen LogP contribution in [0.1, 0.15) is 11.4 Å². The first-order chi connectivity index (χ1) is 12.8. The molecule has 0 radical (unpaired) electrons. The number of halogens is 1. The average Bonchev–Trinajstić information content (AvgIpc) is 2.92. The Labute approximate surface area is 157 Å². The van der Waals surface area contributed by atoms with Gasteiger partial charge < -0.3 is 9.88 Å². The maximum atomic E-state index is 12.9. The van der Waals surface area contributed by atoms with Crippen LogP contribution in [-0.2, 0) is 33.4 Å². The highest BCUT2D eigenvalue weighted by molar-refractivity contribution is 7.89. The maximum absolute atomic E-state index is 12.9. The average molecular weight is 389 g/mol. The molecule has 0 aliphatic carbocycles. The van der Waals surface area contributed by atoms with Gasteiger partial charge in [0, 0.05) is 12.8 Å². The Morgan fingerprint density at radius 3 is 2.56 bits per heavy atom. The van der Waals surface area contributed by atoms with Gasteiger partial charge in [-0.1, -0.05) is 24.3 Å². The van der Waals surface area contributed by atoms with Crippen molar-refractivity contribution >= 4 is 26.8 Å². The van der Waals surface area contributed by atoms with Gasteiger partial charge in [0.05, 0.1) is 11.0 Å². The fourth-order valence-corrected chi connectivity index (χ4v) is 3.53. The molecule has 0 aliphatic heterocycles. The largest absolute Gasteiger partial charge is 0.354 e. The summed E-state index contributed by atoms with van der Waals surface area (Å²) in [5, 5.41) is 2.81. The van der Waals surface area contributed by atoms with Gasteiger partial charge in [-0.15, -0.1) is 0 Å². The summed E-state index contributed by atoms with van der Waals surface area (Å²) in [6, 6.07) is 13.3. The SMILES string of the molecule is CS(=O)(=O)Cc1nc2ccccc2n1CC(=O)NCCc1ccc(F)cc1. The normalized spacial score (nSPS) is 11.6. The molecule has 1 N–H and O–H groups in total. The molecular weight excluding hydrogens is 369 g/mol. The number of amides is 1. The van der Waals surface area contributed by atoms with Crippen LogP contribution in [0, 0.1) is 5.82 Å². The van der Waals surface area contributed by atoms with E-state index in [0.29, 0.717) is 29.8 Å². The molecule has 6 nitrogen and oxygen atoms in total. The fraction of sp³-hybridized carbons (Fsp3) is 0.263. The molecule has 0 fully saturated rings. The van der Waals surface area contributed by atoms with Gasteiger partial charge in [-0.25, -0.2) is 17.8 Å². The summed E-state index contributed by atoms with van der Waals surface area (Å²) in [6.45, 7) is 0.382. The van der Waals surface area contributed by atoms with Crippen LogP contribution in [0.2, 0.25) is 0 Å². The minimum atomic E-state index is -3.29. The standard InChI is InChI=1S/C19H20FN3O3S/c1-27(25,26)13-18-22-16-4-2-3-5-17(16)23(18)12-19(24)21-11-10-14-6-8-15(20)9-7-14/h2-9H,10-13H2,1H3,(H,21,24). The van der Waals surface area contributed by atoms with Crippen LogP contribution in [0.4, 0.5) is 4.39 Å². The molecule has 8 heteroatoms. The van der Waals surface area contributed by atoms with Gasteiger partial charge in [0.15, 0.2) is 9.84 Å². The Morgan fingerprint density at radius 2 is 1.85 bits per heavy atom. The number of fused-ring (bicyclic) bond motifs is 1. The minimum absolute atomic E-state index is 0.0191. The van der Waals surface area contributed by atoms with Crippen molar-refractivity contribution in [2.75, 3.05) is 12.8 Å². The van der Waals surface area contributed by atoms with Gasteiger partial charge in [-0.05, 0) is 36.2 Å². The number of carbonyl (C=O) groups excluding carboxylic acids is 1. The maximum Gasteiger partial charge on any atom is 0.240 e. The molecule has 0 atom stereocenters. The first kappa shape index (κ1) is 19.0. The number of imidazole rings is 1. The lowest BCUT2D eigenvalue weighted by molar-refractivity contribution is -0.121. The number of hydrogen-bond acceptors (Lipinski definition) is 4. The highest BCUT2D eigenvalue weighted by Crippen LogP contribution is 2.17. The van der Waals surface area contributed by atoms with Crippen LogP contribution in [-0.4, -0.2) is 36.7 Å². The number of benzene rings is 2. The third-order valence-corrected chi connectivity index (χ3v) is 4.86. The number of carbonyl (C=O) groups is 1. The molecule has 0 aliphatic rings. The van der Waals surface area contributed by atoms with Crippen molar-refractivity contribution in [1.82, 2.24) is 14.9 Å². The zero-order valence-electron chi connectivity index (χ0n) is 14.9. The van der Waals surface area contributed by atoms with Crippen LogP contribution >= 0.6 is 0 Å². The Morgan fingerprint density at radius 1 is 1.15 bits per heavy atom. The molecule has 0 saturated heterocycles. The number of sulfone groups is 1. The van der Waals surface area contributed by atoms with Gasteiger partial charge in [-0.3, -0.25) is 4.79 Å². The Kier molecular flexibility index (Phi) is 5.55. The number of rotatable bonds is 7. The molecule has 0 spiro atoms. The predicted molar refractivity (Wildman–Crippen MR) is 101 cm³/mol. The molecule has 0 unspecified atom stereocenters. The van der Waals surface area contributed by atoms with E-state index in [9.17, 15) is 17.6 Å². The summed E-state index contributed by atoms with van der Waals surface area (Å²) in [7, 11) is -3.29. The van der Waals surface area contributed by atoms with E-state index in [4.69, 9.17) is 0 Å². The molecule has 27 heavy (non-hydrogen) atoms. The summed E-state index contributed by atoms with van der Waals surface area (Å²) in [6.07, 6.45) is 1.71. The zero-order valence-corrected chi connectivity index (χ0v) is 15.7. The second kappa shape index (κ2) is 7.87. The van der Waals surface area contributed by atoms with E-state index >= 15 is 0 Å².